The number of aromatic nitrogens is 1. The second-order valence-electron chi connectivity index (χ2n) is 7.27. The number of nitrogens with zero attached hydrogens (tertiary/aromatic N) is 1. The fraction of sp³-hybridized carbons (Fsp3) is 0.333. The Balaban J connectivity index is 2.09. The molecule has 2 N–H and O–H groups in total. The number of ether oxygens (including phenoxy) is 2. The first-order chi connectivity index (χ1) is 14.6. The van der Waals surface area contributed by atoms with Gasteiger partial charge in [-0.05, 0) is 38.7 Å². The standard InChI is InChI=1S/C21H22F3N3O4/c1-12-18(31-20(29)30-11-10-27(2)3)16(17-15(26-12)8-9-25-19(17)28)13-6-4-5-7-14(13)21(22,23)24/h4-9,16,26H,10-11H2,1-3H3,(H,25,28). The molecule has 0 fully saturated rings. The van der Waals surface area contributed by atoms with Crippen LogP contribution in [0.2, 0.25) is 0 Å². The molecule has 0 bridgehead atoms. The fourth-order valence-electron chi connectivity index (χ4n) is 3.37. The Morgan fingerprint density at radius 1 is 1.19 bits per heavy atom. The lowest BCUT2D eigenvalue weighted by atomic mass is 9.83. The number of carbonyl (C=O) groups is 1. The molecule has 1 aliphatic rings. The maximum absolute atomic E-state index is 13.8. The second kappa shape index (κ2) is 8.84. The van der Waals surface area contributed by atoms with Crippen molar-refractivity contribution in [1.82, 2.24) is 9.88 Å². The Bertz CT molecular complexity index is 1060. The maximum Gasteiger partial charge on any atom is 0.513 e. The summed E-state index contributed by atoms with van der Waals surface area (Å²) in [7, 11) is 3.58. The van der Waals surface area contributed by atoms with Gasteiger partial charge >= 0.3 is 12.3 Å². The summed E-state index contributed by atoms with van der Waals surface area (Å²) in [4.78, 5) is 29.1. The third-order valence-corrected chi connectivity index (χ3v) is 4.77. The molecule has 7 nitrogen and oxygen atoms in total. The molecule has 1 unspecified atom stereocenters. The molecule has 1 atom stereocenters. The third-order valence-electron chi connectivity index (χ3n) is 4.77. The number of hydrogen-bond acceptors (Lipinski definition) is 6. The molecule has 1 aromatic carbocycles. The summed E-state index contributed by atoms with van der Waals surface area (Å²) in [6.45, 7) is 2.02. The number of fused-ring (bicyclic) bond motifs is 1. The Morgan fingerprint density at radius 2 is 1.90 bits per heavy atom. The topological polar surface area (TPSA) is 83.7 Å². The highest BCUT2D eigenvalue weighted by Gasteiger charge is 2.40. The van der Waals surface area contributed by atoms with Crippen molar-refractivity contribution in [2.75, 3.05) is 32.6 Å². The lowest BCUT2D eigenvalue weighted by Gasteiger charge is -2.30. The number of pyridine rings is 1. The predicted molar refractivity (Wildman–Crippen MR) is 108 cm³/mol. The van der Waals surface area contributed by atoms with Crippen molar-refractivity contribution in [2.24, 2.45) is 0 Å². The Hall–Kier alpha value is -3.27. The quantitative estimate of drug-likeness (QED) is 0.691. The number of aromatic amines is 1. The largest absolute Gasteiger partial charge is 0.513 e. The molecule has 2 aromatic rings. The van der Waals surface area contributed by atoms with E-state index in [1.54, 1.807) is 25.9 Å². The van der Waals surface area contributed by atoms with Crippen molar-refractivity contribution >= 4 is 11.8 Å². The van der Waals surface area contributed by atoms with E-state index < -0.39 is 29.4 Å². The van der Waals surface area contributed by atoms with Gasteiger partial charge in [-0.2, -0.15) is 13.2 Å². The highest BCUT2D eigenvalue weighted by molar-refractivity contribution is 5.68. The van der Waals surface area contributed by atoms with Gasteiger partial charge in [-0.25, -0.2) is 4.79 Å². The van der Waals surface area contributed by atoms with Crippen LogP contribution in [0.1, 0.15) is 29.5 Å². The lowest BCUT2D eigenvalue weighted by Crippen LogP contribution is -2.29. The van der Waals surface area contributed by atoms with E-state index in [4.69, 9.17) is 9.47 Å². The molecule has 1 aromatic heterocycles. The number of H-pyrrole nitrogens is 1. The molecule has 0 saturated heterocycles. The van der Waals surface area contributed by atoms with Gasteiger partial charge in [0.2, 0.25) is 0 Å². The molecule has 31 heavy (non-hydrogen) atoms. The van der Waals surface area contributed by atoms with Gasteiger partial charge in [0.1, 0.15) is 12.4 Å². The number of benzene rings is 1. The highest BCUT2D eigenvalue weighted by atomic mass is 19.4. The molecule has 2 heterocycles. The van der Waals surface area contributed by atoms with Crippen LogP contribution in [0.4, 0.5) is 23.7 Å². The summed E-state index contributed by atoms with van der Waals surface area (Å²) in [6.07, 6.45) is -4.35. The van der Waals surface area contributed by atoms with E-state index in [1.807, 2.05) is 0 Å². The minimum absolute atomic E-state index is 0.0147. The van der Waals surface area contributed by atoms with E-state index in [9.17, 15) is 22.8 Å². The SMILES string of the molecule is CC1=C(OC(=O)OCCN(C)C)C(c2ccccc2C(F)(F)F)c2c(cc[nH]c2=O)N1. The number of alkyl halides is 3. The van der Waals surface area contributed by atoms with Crippen molar-refractivity contribution in [3.05, 3.63) is 75.0 Å². The van der Waals surface area contributed by atoms with Gasteiger partial charge in [-0.1, -0.05) is 18.2 Å². The van der Waals surface area contributed by atoms with Gasteiger partial charge in [0.25, 0.3) is 5.56 Å². The molecular formula is C21H22F3N3O4. The number of anilines is 1. The molecule has 3 rings (SSSR count). The number of halogens is 3. The smallest absolute Gasteiger partial charge is 0.433 e. The normalized spacial score (nSPS) is 16.0. The number of nitrogens with one attached hydrogen (secondary N) is 2. The van der Waals surface area contributed by atoms with Crippen LogP contribution in [0.5, 0.6) is 0 Å². The van der Waals surface area contributed by atoms with Crippen LogP contribution < -0.4 is 10.9 Å². The van der Waals surface area contributed by atoms with Gasteiger partial charge in [-0.15, -0.1) is 0 Å². The minimum atomic E-state index is -4.67. The van der Waals surface area contributed by atoms with E-state index in [1.165, 1.54) is 30.5 Å². The minimum Gasteiger partial charge on any atom is -0.433 e. The predicted octanol–water partition coefficient (Wildman–Crippen LogP) is 3.90. The zero-order chi connectivity index (χ0) is 22.8. The molecule has 0 saturated carbocycles. The highest BCUT2D eigenvalue weighted by Crippen LogP contribution is 2.44. The lowest BCUT2D eigenvalue weighted by molar-refractivity contribution is -0.138. The summed E-state index contributed by atoms with van der Waals surface area (Å²) >= 11 is 0. The third kappa shape index (κ3) is 4.91. The van der Waals surface area contributed by atoms with E-state index in [-0.39, 0.29) is 23.5 Å². The molecule has 0 aliphatic carbocycles. The zero-order valence-corrected chi connectivity index (χ0v) is 17.2. The van der Waals surface area contributed by atoms with Crippen LogP contribution in [0.25, 0.3) is 0 Å². The number of allylic oxidation sites excluding steroid dienone is 2. The maximum atomic E-state index is 13.8. The first-order valence-corrected chi connectivity index (χ1v) is 9.44. The molecule has 166 valence electrons. The summed E-state index contributed by atoms with van der Waals surface area (Å²) in [6, 6.07) is 6.43. The van der Waals surface area contributed by atoms with Crippen LogP contribution in [-0.4, -0.2) is 43.3 Å². The molecule has 0 radical (unpaired) electrons. The van der Waals surface area contributed by atoms with E-state index >= 15 is 0 Å². The second-order valence-corrected chi connectivity index (χ2v) is 7.27. The molecule has 0 amide bonds. The van der Waals surface area contributed by atoms with Crippen molar-refractivity contribution in [2.45, 2.75) is 19.0 Å². The van der Waals surface area contributed by atoms with Gasteiger partial charge in [0, 0.05) is 18.4 Å². The van der Waals surface area contributed by atoms with Crippen molar-refractivity contribution in [3.63, 3.8) is 0 Å². The van der Waals surface area contributed by atoms with Gasteiger partial charge < -0.3 is 24.7 Å². The van der Waals surface area contributed by atoms with Crippen molar-refractivity contribution < 1.29 is 27.4 Å². The molecule has 10 heteroatoms. The van der Waals surface area contributed by atoms with E-state index in [0.717, 1.165) is 6.07 Å². The van der Waals surface area contributed by atoms with Crippen LogP contribution in [0.3, 0.4) is 0 Å². The van der Waals surface area contributed by atoms with Crippen molar-refractivity contribution in [3.8, 4) is 0 Å². The summed E-state index contributed by atoms with van der Waals surface area (Å²) in [5.74, 6) is -1.39. The zero-order valence-electron chi connectivity index (χ0n) is 17.2. The van der Waals surface area contributed by atoms with Crippen LogP contribution in [-0.2, 0) is 15.7 Å². The summed E-state index contributed by atoms with van der Waals surface area (Å²) in [5, 5.41) is 2.93. The number of rotatable bonds is 5. The van der Waals surface area contributed by atoms with Gasteiger partial charge in [0.15, 0.2) is 0 Å². The number of carbonyl (C=O) groups excluding carboxylic acids is 1. The Morgan fingerprint density at radius 3 is 2.58 bits per heavy atom. The summed E-state index contributed by atoms with van der Waals surface area (Å²) < 4.78 is 51.6. The molecule has 1 aliphatic heterocycles. The number of likely N-dealkylation sites (N-methyl/N-ethyl adjacent to an activating group) is 1. The number of hydrogen-bond donors (Lipinski definition) is 2. The van der Waals surface area contributed by atoms with Gasteiger partial charge in [-0.3, -0.25) is 4.79 Å². The van der Waals surface area contributed by atoms with Crippen LogP contribution in [0, 0.1) is 0 Å². The summed E-state index contributed by atoms with van der Waals surface area (Å²) in [5.41, 5.74) is -1.08. The fourth-order valence-corrected chi connectivity index (χ4v) is 3.37. The van der Waals surface area contributed by atoms with Crippen LogP contribution >= 0.6 is 0 Å². The average molecular weight is 437 g/mol. The average Bonchev–Trinajstić information content (AvgIpc) is 2.68. The first kappa shape index (κ1) is 22.4. The van der Waals surface area contributed by atoms with Gasteiger partial charge in [0.05, 0.1) is 22.7 Å². The molecule has 0 spiro atoms. The van der Waals surface area contributed by atoms with Crippen molar-refractivity contribution in [1.29, 1.82) is 0 Å². The van der Waals surface area contributed by atoms with E-state index in [0.29, 0.717) is 17.9 Å². The monoisotopic (exact) mass is 437 g/mol. The van der Waals surface area contributed by atoms with Crippen LogP contribution in [0.15, 0.2) is 52.8 Å². The Kier molecular flexibility index (Phi) is 6.40. The van der Waals surface area contributed by atoms with E-state index in [2.05, 4.69) is 10.3 Å². The molecular weight excluding hydrogens is 415 g/mol. The first-order valence-electron chi connectivity index (χ1n) is 9.44. The Labute approximate surface area is 176 Å².